The molecular weight excluding hydrogens is 443 g/mol. The van der Waals surface area contributed by atoms with E-state index in [-0.39, 0.29) is 31.6 Å². The molecule has 170 valence electrons. The lowest BCUT2D eigenvalue weighted by Gasteiger charge is -2.18. The van der Waals surface area contributed by atoms with E-state index < -0.39 is 49.7 Å². The van der Waals surface area contributed by atoms with E-state index in [1.165, 1.54) is 13.3 Å². The van der Waals surface area contributed by atoms with Crippen LogP contribution in [0.3, 0.4) is 0 Å². The number of rotatable bonds is 7. The summed E-state index contributed by atoms with van der Waals surface area (Å²) in [6, 6.07) is 2.66. The molecule has 0 amide bonds. The zero-order valence-corrected chi connectivity index (χ0v) is 17.1. The zero-order valence-electron chi connectivity index (χ0n) is 16.3. The molecule has 1 aromatic carbocycles. The molecule has 1 fully saturated rings. The van der Waals surface area contributed by atoms with Gasteiger partial charge in [0.25, 0.3) is 0 Å². The van der Waals surface area contributed by atoms with Crippen LogP contribution >= 0.6 is 0 Å². The fraction of sp³-hybridized carbons (Fsp3) is 0.500. The summed E-state index contributed by atoms with van der Waals surface area (Å²) in [5.41, 5.74) is -1.09. The molecule has 1 aliphatic rings. The molecule has 3 rings (SSSR count). The van der Waals surface area contributed by atoms with Crippen molar-refractivity contribution in [3.8, 4) is 5.69 Å². The fourth-order valence-electron chi connectivity index (χ4n) is 3.69. The van der Waals surface area contributed by atoms with Crippen LogP contribution in [0.25, 0.3) is 5.69 Å². The van der Waals surface area contributed by atoms with Gasteiger partial charge in [-0.2, -0.15) is 13.2 Å². The van der Waals surface area contributed by atoms with Crippen LogP contribution in [-0.2, 0) is 32.0 Å². The molecule has 0 saturated heterocycles. The van der Waals surface area contributed by atoms with E-state index in [0.29, 0.717) is 11.8 Å². The summed E-state index contributed by atoms with van der Waals surface area (Å²) in [6.07, 6.45) is -4.97. The molecule has 0 spiro atoms. The Morgan fingerprint density at radius 3 is 2.58 bits per heavy atom. The van der Waals surface area contributed by atoms with Gasteiger partial charge in [0.1, 0.15) is 0 Å². The summed E-state index contributed by atoms with van der Waals surface area (Å²) in [6.45, 7) is -0.217. The van der Waals surface area contributed by atoms with Gasteiger partial charge < -0.3 is 14.9 Å². The van der Waals surface area contributed by atoms with Crippen molar-refractivity contribution in [2.45, 2.75) is 41.7 Å². The number of nitrogens with zero attached hydrogens (tertiary/aromatic N) is 3. The van der Waals surface area contributed by atoms with Crippen LogP contribution in [0.5, 0.6) is 0 Å². The molecular formula is C18H20F3N3O6S. The number of hydrogen-bond acceptors (Lipinski definition) is 7. The molecule has 9 nitrogen and oxygen atoms in total. The number of hydrogen-bond donors (Lipinski definition) is 2. The second-order valence-corrected chi connectivity index (χ2v) is 9.36. The predicted octanol–water partition coefficient (Wildman–Crippen LogP) is 1.47. The second-order valence-electron chi connectivity index (χ2n) is 7.16. The third-order valence-electron chi connectivity index (χ3n) is 5.27. The Bertz CT molecular complexity index is 1070. The second kappa shape index (κ2) is 8.55. The average molecular weight is 463 g/mol. The first-order valence-corrected chi connectivity index (χ1v) is 10.8. The molecule has 0 aliphatic heterocycles. The number of aliphatic hydroxyl groups is 1. The van der Waals surface area contributed by atoms with Gasteiger partial charge in [0, 0.05) is 20.1 Å². The summed E-state index contributed by atoms with van der Waals surface area (Å²) in [5.74, 6) is -2.39. The maximum Gasteiger partial charge on any atom is 0.417 e. The predicted molar refractivity (Wildman–Crippen MR) is 99.3 cm³/mol. The summed E-state index contributed by atoms with van der Waals surface area (Å²) in [5, 5.41) is 24.3. The number of halogens is 3. The Morgan fingerprint density at radius 1 is 1.32 bits per heavy atom. The van der Waals surface area contributed by atoms with Crippen molar-refractivity contribution in [1.29, 1.82) is 0 Å². The molecule has 31 heavy (non-hydrogen) atoms. The standard InChI is InChI=1S/C18H20F3N3O6S/c1-30-15-8-12(7-13(15)17(26)27)31(28,29)16-3-2-11(6-14(16)18(19,20)21)24-9-10(4-5-25)22-23-24/h2-3,6,9,12-13,15,25H,4-5,7-8H2,1H3,(H,26,27)/t12-,13-,15-/m1/s1. The minimum atomic E-state index is -4.99. The highest BCUT2D eigenvalue weighted by Crippen LogP contribution is 2.41. The molecule has 1 aromatic heterocycles. The van der Waals surface area contributed by atoms with E-state index in [2.05, 4.69) is 10.3 Å². The molecule has 0 bridgehead atoms. The lowest BCUT2D eigenvalue weighted by atomic mass is 10.1. The van der Waals surface area contributed by atoms with Gasteiger partial charge in [0.05, 0.1) is 45.3 Å². The van der Waals surface area contributed by atoms with Crippen LogP contribution in [0.15, 0.2) is 29.3 Å². The SMILES string of the molecule is CO[C@@H]1C[C@H](S(=O)(=O)c2ccc(-n3cc(CCO)nn3)cc2C(F)(F)F)C[C@H]1C(=O)O. The van der Waals surface area contributed by atoms with Gasteiger partial charge in [-0.15, -0.1) is 5.10 Å². The van der Waals surface area contributed by atoms with Crippen molar-refractivity contribution in [3.63, 3.8) is 0 Å². The molecule has 0 unspecified atom stereocenters. The Morgan fingerprint density at radius 2 is 2.03 bits per heavy atom. The third kappa shape index (κ3) is 4.57. The molecule has 2 N–H and O–H groups in total. The third-order valence-corrected chi connectivity index (χ3v) is 7.50. The highest BCUT2D eigenvalue weighted by molar-refractivity contribution is 7.92. The Balaban J connectivity index is 2.03. The lowest BCUT2D eigenvalue weighted by Crippen LogP contribution is -2.24. The largest absolute Gasteiger partial charge is 0.481 e. The van der Waals surface area contributed by atoms with Crippen molar-refractivity contribution in [1.82, 2.24) is 15.0 Å². The first-order valence-electron chi connectivity index (χ1n) is 9.22. The number of carboxylic acids is 1. The van der Waals surface area contributed by atoms with Gasteiger partial charge >= 0.3 is 12.1 Å². The van der Waals surface area contributed by atoms with Gasteiger partial charge in [0.2, 0.25) is 0 Å². The molecule has 0 radical (unpaired) electrons. The van der Waals surface area contributed by atoms with Gasteiger partial charge in [-0.25, -0.2) is 13.1 Å². The number of carbonyl (C=O) groups is 1. The lowest BCUT2D eigenvalue weighted by molar-refractivity contribution is -0.145. The minimum Gasteiger partial charge on any atom is -0.481 e. The number of carboxylic acid groups (broad SMARTS) is 1. The van der Waals surface area contributed by atoms with Gasteiger partial charge in [-0.1, -0.05) is 5.21 Å². The number of aromatic nitrogens is 3. The van der Waals surface area contributed by atoms with E-state index in [1.54, 1.807) is 0 Å². The van der Waals surface area contributed by atoms with E-state index in [0.717, 1.165) is 16.8 Å². The number of ether oxygens (including phenoxy) is 1. The van der Waals surface area contributed by atoms with Crippen molar-refractivity contribution >= 4 is 15.8 Å². The topological polar surface area (TPSA) is 132 Å². The van der Waals surface area contributed by atoms with Crippen molar-refractivity contribution in [2.75, 3.05) is 13.7 Å². The van der Waals surface area contributed by atoms with Crippen molar-refractivity contribution in [3.05, 3.63) is 35.7 Å². The molecule has 1 saturated carbocycles. The Hall–Kier alpha value is -2.51. The van der Waals surface area contributed by atoms with Crippen LogP contribution < -0.4 is 0 Å². The molecule has 13 heteroatoms. The molecule has 3 atom stereocenters. The number of alkyl halides is 3. The maximum absolute atomic E-state index is 13.8. The monoisotopic (exact) mass is 463 g/mol. The summed E-state index contributed by atoms with van der Waals surface area (Å²) in [7, 11) is -3.28. The van der Waals surface area contributed by atoms with Crippen LogP contribution in [0.1, 0.15) is 24.1 Å². The van der Waals surface area contributed by atoms with Crippen LogP contribution in [-0.4, -0.2) is 64.7 Å². The highest BCUT2D eigenvalue weighted by Gasteiger charge is 2.47. The summed E-state index contributed by atoms with van der Waals surface area (Å²) < 4.78 is 73.5. The van der Waals surface area contributed by atoms with Crippen molar-refractivity contribution in [2.24, 2.45) is 5.92 Å². The summed E-state index contributed by atoms with van der Waals surface area (Å²) >= 11 is 0. The number of aliphatic carboxylic acids is 1. The Labute approximate surface area is 175 Å². The Kier molecular flexibility index (Phi) is 6.39. The van der Waals surface area contributed by atoms with E-state index in [9.17, 15) is 31.5 Å². The van der Waals surface area contributed by atoms with Gasteiger partial charge in [-0.3, -0.25) is 4.79 Å². The number of methoxy groups -OCH3 is 1. The number of aliphatic hydroxyl groups excluding tert-OH is 1. The maximum atomic E-state index is 13.8. The van der Waals surface area contributed by atoms with E-state index >= 15 is 0 Å². The highest BCUT2D eigenvalue weighted by atomic mass is 32.2. The number of sulfone groups is 1. The van der Waals surface area contributed by atoms with Crippen LogP contribution in [0, 0.1) is 5.92 Å². The van der Waals surface area contributed by atoms with E-state index in [4.69, 9.17) is 9.84 Å². The van der Waals surface area contributed by atoms with Gasteiger partial charge in [0.15, 0.2) is 9.84 Å². The zero-order chi connectivity index (χ0) is 23.0. The average Bonchev–Trinajstić information content (AvgIpc) is 3.34. The normalized spacial score (nSPS) is 22.0. The first kappa shape index (κ1) is 23.2. The molecule has 1 aliphatic carbocycles. The minimum absolute atomic E-state index is 0.0624. The smallest absolute Gasteiger partial charge is 0.417 e. The van der Waals surface area contributed by atoms with Crippen LogP contribution in [0.4, 0.5) is 13.2 Å². The summed E-state index contributed by atoms with van der Waals surface area (Å²) in [4.78, 5) is 10.4. The molecule has 1 heterocycles. The van der Waals surface area contributed by atoms with Crippen LogP contribution in [0.2, 0.25) is 0 Å². The number of benzene rings is 1. The van der Waals surface area contributed by atoms with Gasteiger partial charge in [-0.05, 0) is 31.0 Å². The molecule has 2 aromatic rings. The first-order chi connectivity index (χ1) is 14.5. The fourth-order valence-corrected chi connectivity index (χ4v) is 5.69. The van der Waals surface area contributed by atoms with E-state index in [1.807, 2.05) is 0 Å². The quantitative estimate of drug-likeness (QED) is 0.631. The van der Waals surface area contributed by atoms with Crippen molar-refractivity contribution < 1.29 is 41.3 Å².